The van der Waals surface area contributed by atoms with Gasteiger partial charge in [-0.15, -0.1) is 11.3 Å². The summed E-state index contributed by atoms with van der Waals surface area (Å²) in [6.07, 6.45) is 1.08. The third kappa shape index (κ3) is 6.40. The fourth-order valence-corrected chi connectivity index (χ4v) is 3.50. The minimum absolute atomic E-state index is 0.0756. The van der Waals surface area contributed by atoms with Gasteiger partial charge in [-0.1, -0.05) is 20.8 Å². The van der Waals surface area contributed by atoms with Gasteiger partial charge in [-0.25, -0.2) is 8.42 Å². The molecule has 0 spiro atoms. The van der Waals surface area contributed by atoms with Crippen LogP contribution in [0.2, 0.25) is 0 Å². The number of hydrogen-bond donors (Lipinski definition) is 1. The van der Waals surface area contributed by atoms with Crippen LogP contribution in [0.25, 0.3) is 0 Å². The Kier molecular flexibility index (Phi) is 5.41. The van der Waals surface area contributed by atoms with Crippen LogP contribution < -0.4 is 5.32 Å². The first-order chi connectivity index (χ1) is 8.58. The molecule has 0 aliphatic heterocycles. The molecule has 1 aromatic rings. The van der Waals surface area contributed by atoms with Crippen LogP contribution in [0.15, 0.2) is 16.3 Å². The van der Waals surface area contributed by atoms with Crippen molar-refractivity contribution in [1.82, 2.24) is 5.32 Å². The summed E-state index contributed by atoms with van der Waals surface area (Å²) < 4.78 is 22.3. The summed E-state index contributed by atoms with van der Waals surface area (Å²) in [7, 11) is 1.53. The Bertz CT molecular complexity index is 544. The van der Waals surface area contributed by atoms with Gasteiger partial charge >= 0.3 is 0 Å². The van der Waals surface area contributed by atoms with E-state index in [1.807, 2.05) is 0 Å². The van der Waals surface area contributed by atoms with Crippen molar-refractivity contribution in [3.63, 3.8) is 0 Å². The third-order valence-corrected chi connectivity index (χ3v) is 5.59. The van der Waals surface area contributed by atoms with E-state index in [1.54, 1.807) is 6.07 Å². The predicted molar refractivity (Wildman–Crippen MR) is 78.1 cm³/mol. The topological polar surface area (TPSA) is 63.2 Å². The SMILES string of the molecule is CC(C)(C)CCNC(=O)Cc1ccc(S(=O)(=O)Cl)s1. The van der Waals surface area contributed by atoms with E-state index in [4.69, 9.17) is 10.7 Å². The highest BCUT2D eigenvalue weighted by Gasteiger charge is 2.15. The second-order valence-electron chi connectivity index (χ2n) is 5.50. The Morgan fingerprint density at radius 1 is 1.37 bits per heavy atom. The highest BCUT2D eigenvalue weighted by Crippen LogP contribution is 2.25. The summed E-state index contributed by atoms with van der Waals surface area (Å²) in [5.74, 6) is -0.107. The van der Waals surface area contributed by atoms with Crippen molar-refractivity contribution < 1.29 is 13.2 Å². The molecule has 0 aromatic carbocycles. The molecule has 1 amide bonds. The summed E-state index contributed by atoms with van der Waals surface area (Å²) in [6.45, 7) is 6.94. The van der Waals surface area contributed by atoms with Crippen molar-refractivity contribution in [3.05, 3.63) is 17.0 Å². The maximum absolute atomic E-state index is 11.7. The van der Waals surface area contributed by atoms with Gasteiger partial charge in [-0.05, 0) is 24.0 Å². The number of amides is 1. The molecule has 0 bridgehead atoms. The van der Waals surface area contributed by atoms with Gasteiger partial charge in [-0.2, -0.15) is 0 Å². The lowest BCUT2D eigenvalue weighted by atomic mass is 9.92. The Labute approximate surface area is 122 Å². The summed E-state index contributed by atoms with van der Waals surface area (Å²) in [5.41, 5.74) is 0.177. The van der Waals surface area contributed by atoms with Crippen LogP contribution in [0, 0.1) is 5.41 Å². The van der Waals surface area contributed by atoms with E-state index >= 15 is 0 Å². The van der Waals surface area contributed by atoms with Crippen LogP contribution in [0.4, 0.5) is 0 Å². The maximum Gasteiger partial charge on any atom is 0.270 e. The van der Waals surface area contributed by atoms with Crippen molar-refractivity contribution in [2.24, 2.45) is 5.41 Å². The molecule has 0 atom stereocenters. The first kappa shape index (κ1) is 16.5. The number of rotatable bonds is 5. The normalized spacial score (nSPS) is 12.4. The van der Waals surface area contributed by atoms with Gasteiger partial charge in [0.1, 0.15) is 4.21 Å². The lowest BCUT2D eigenvalue weighted by Gasteiger charge is -2.17. The van der Waals surface area contributed by atoms with Gasteiger partial charge in [0, 0.05) is 22.1 Å². The van der Waals surface area contributed by atoms with Gasteiger partial charge in [0.2, 0.25) is 5.91 Å². The summed E-state index contributed by atoms with van der Waals surface area (Å²) >= 11 is 1.03. The average Bonchev–Trinajstić information content (AvgIpc) is 2.63. The van der Waals surface area contributed by atoms with Crippen LogP contribution in [0.5, 0.6) is 0 Å². The number of carbonyl (C=O) groups excluding carboxylic acids is 1. The fourth-order valence-electron chi connectivity index (χ4n) is 1.38. The van der Waals surface area contributed by atoms with Crippen LogP contribution in [0.1, 0.15) is 32.1 Å². The van der Waals surface area contributed by atoms with Gasteiger partial charge in [0.15, 0.2) is 0 Å². The lowest BCUT2D eigenvalue weighted by Crippen LogP contribution is -2.28. The molecule has 1 aromatic heterocycles. The maximum atomic E-state index is 11.7. The first-order valence-corrected chi connectivity index (χ1v) is 9.00. The molecule has 108 valence electrons. The second kappa shape index (κ2) is 6.24. The highest BCUT2D eigenvalue weighted by molar-refractivity contribution is 8.15. The summed E-state index contributed by atoms with van der Waals surface area (Å²) in [6, 6.07) is 3.04. The molecule has 1 rings (SSSR count). The minimum atomic E-state index is -3.70. The molecule has 4 nitrogen and oxygen atoms in total. The molecule has 0 saturated heterocycles. The molecular weight excluding hydrogens is 306 g/mol. The molecule has 19 heavy (non-hydrogen) atoms. The van der Waals surface area contributed by atoms with E-state index < -0.39 is 9.05 Å². The zero-order valence-corrected chi connectivity index (χ0v) is 13.6. The molecule has 0 saturated carbocycles. The van der Waals surface area contributed by atoms with E-state index in [0.29, 0.717) is 11.4 Å². The summed E-state index contributed by atoms with van der Waals surface area (Å²) in [4.78, 5) is 12.4. The number of halogens is 1. The smallest absolute Gasteiger partial charge is 0.270 e. The number of thiophene rings is 1. The predicted octanol–water partition coefficient (Wildman–Crippen LogP) is 2.77. The van der Waals surface area contributed by atoms with Gasteiger partial charge in [0.05, 0.1) is 6.42 Å². The number of carbonyl (C=O) groups is 1. The Balaban J connectivity index is 2.47. The average molecular weight is 324 g/mol. The second-order valence-corrected chi connectivity index (χ2v) is 9.46. The number of hydrogen-bond acceptors (Lipinski definition) is 4. The van der Waals surface area contributed by atoms with Crippen molar-refractivity contribution in [3.8, 4) is 0 Å². The Morgan fingerprint density at radius 3 is 2.47 bits per heavy atom. The van der Waals surface area contributed by atoms with Crippen LogP contribution in [-0.2, 0) is 20.3 Å². The standard InChI is InChI=1S/C12H18ClNO3S2/c1-12(2,3)6-7-14-10(15)8-9-4-5-11(18-9)19(13,16)17/h4-5H,6-8H2,1-3H3,(H,14,15). The summed E-state index contributed by atoms with van der Waals surface area (Å²) in [5, 5.41) is 2.82. The first-order valence-electron chi connectivity index (χ1n) is 5.88. The van der Waals surface area contributed by atoms with E-state index in [0.717, 1.165) is 17.8 Å². The highest BCUT2D eigenvalue weighted by atomic mass is 35.7. The molecule has 7 heteroatoms. The molecular formula is C12H18ClNO3S2. The van der Waals surface area contributed by atoms with E-state index in [9.17, 15) is 13.2 Å². The number of nitrogens with one attached hydrogen (secondary N) is 1. The van der Waals surface area contributed by atoms with E-state index in [2.05, 4.69) is 26.1 Å². The molecule has 0 unspecified atom stereocenters. The van der Waals surface area contributed by atoms with Crippen LogP contribution in [-0.4, -0.2) is 20.9 Å². The monoisotopic (exact) mass is 323 g/mol. The van der Waals surface area contributed by atoms with Crippen molar-refractivity contribution in [2.45, 2.75) is 37.8 Å². The van der Waals surface area contributed by atoms with Crippen LogP contribution in [0.3, 0.4) is 0 Å². The van der Waals surface area contributed by atoms with Crippen LogP contribution >= 0.6 is 22.0 Å². The zero-order valence-electron chi connectivity index (χ0n) is 11.2. The molecule has 1 N–H and O–H groups in total. The molecule has 0 aliphatic carbocycles. The lowest BCUT2D eigenvalue weighted by molar-refractivity contribution is -0.120. The zero-order chi connectivity index (χ0) is 14.7. The third-order valence-electron chi connectivity index (χ3n) is 2.41. The van der Waals surface area contributed by atoms with E-state index in [1.165, 1.54) is 6.07 Å². The Morgan fingerprint density at radius 2 is 2.00 bits per heavy atom. The molecule has 0 radical (unpaired) electrons. The van der Waals surface area contributed by atoms with Crippen molar-refractivity contribution in [1.29, 1.82) is 0 Å². The quantitative estimate of drug-likeness (QED) is 0.847. The fraction of sp³-hybridized carbons (Fsp3) is 0.583. The van der Waals surface area contributed by atoms with Gasteiger partial charge < -0.3 is 5.32 Å². The van der Waals surface area contributed by atoms with E-state index in [-0.39, 0.29) is 22.0 Å². The van der Waals surface area contributed by atoms with Crippen molar-refractivity contribution in [2.75, 3.05) is 6.54 Å². The largest absolute Gasteiger partial charge is 0.356 e. The van der Waals surface area contributed by atoms with Gasteiger partial charge in [0.25, 0.3) is 9.05 Å². The molecule has 0 fully saturated rings. The van der Waals surface area contributed by atoms with Crippen molar-refractivity contribution >= 4 is 37.0 Å². The van der Waals surface area contributed by atoms with Gasteiger partial charge in [-0.3, -0.25) is 4.79 Å². The molecule has 0 aliphatic rings. The molecule has 1 heterocycles. The minimum Gasteiger partial charge on any atom is -0.356 e. The Hall–Kier alpha value is -0.590.